The Morgan fingerprint density at radius 1 is 1.05 bits per heavy atom. The van der Waals surface area contributed by atoms with E-state index in [1.54, 1.807) is 7.11 Å². The first kappa shape index (κ1) is 15.6. The predicted octanol–water partition coefficient (Wildman–Crippen LogP) is 4.37. The maximum absolute atomic E-state index is 5.30. The van der Waals surface area contributed by atoms with Gasteiger partial charge in [0.15, 0.2) is 0 Å². The second-order valence-corrected chi connectivity index (χ2v) is 5.31. The molecule has 112 valence electrons. The summed E-state index contributed by atoms with van der Waals surface area (Å²) < 4.78 is 5.30. The lowest BCUT2D eigenvalue weighted by atomic mass is 9.98. The van der Waals surface area contributed by atoms with Crippen LogP contribution in [0.5, 0.6) is 5.75 Å². The SMILES string of the molecule is CCCNC(CCc1cccc(OC)c1)c1ccccc1. The highest BCUT2D eigenvalue weighted by atomic mass is 16.5. The van der Waals surface area contributed by atoms with E-state index in [2.05, 4.69) is 60.8 Å². The minimum absolute atomic E-state index is 0.414. The van der Waals surface area contributed by atoms with Crippen LogP contribution < -0.4 is 10.1 Å². The average Bonchev–Trinajstić information content (AvgIpc) is 2.56. The first-order valence-electron chi connectivity index (χ1n) is 7.74. The van der Waals surface area contributed by atoms with Crippen molar-refractivity contribution in [2.24, 2.45) is 0 Å². The van der Waals surface area contributed by atoms with Gasteiger partial charge in [-0.1, -0.05) is 49.4 Å². The van der Waals surface area contributed by atoms with Crippen LogP contribution in [0.15, 0.2) is 54.6 Å². The maximum atomic E-state index is 5.30. The predicted molar refractivity (Wildman–Crippen MR) is 88.8 cm³/mol. The van der Waals surface area contributed by atoms with Crippen molar-refractivity contribution in [1.82, 2.24) is 5.32 Å². The topological polar surface area (TPSA) is 21.3 Å². The molecule has 0 radical (unpaired) electrons. The van der Waals surface area contributed by atoms with Crippen LogP contribution in [0.3, 0.4) is 0 Å². The van der Waals surface area contributed by atoms with E-state index in [0.717, 1.165) is 31.6 Å². The molecule has 2 nitrogen and oxygen atoms in total. The summed E-state index contributed by atoms with van der Waals surface area (Å²) in [5.74, 6) is 0.935. The number of methoxy groups -OCH3 is 1. The van der Waals surface area contributed by atoms with Crippen LogP contribution in [0.25, 0.3) is 0 Å². The average molecular weight is 283 g/mol. The molecular weight excluding hydrogens is 258 g/mol. The molecule has 0 aliphatic heterocycles. The van der Waals surface area contributed by atoms with Crippen molar-refractivity contribution in [3.63, 3.8) is 0 Å². The van der Waals surface area contributed by atoms with Crippen molar-refractivity contribution >= 4 is 0 Å². The molecule has 0 spiro atoms. The van der Waals surface area contributed by atoms with Gasteiger partial charge in [0.2, 0.25) is 0 Å². The van der Waals surface area contributed by atoms with E-state index in [9.17, 15) is 0 Å². The third kappa shape index (κ3) is 4.91. The first-order valence-corrected chi connectivity index (χ1v) is 7.74. The van der Waals surface area contributed by atoms with Crippen LogP contribution >= 0.6 is 0 Å². The highest BCUT2D eigenvalue weighted by molar-refractivity contribution is 5.29. The Kier molecular flexibility index (Phi) is 6.29. The Hall–Kier alpha value is -1.80. The smallest absolute Gasteiger partial charge is 0.119 e. The molecule has 2 heteroatoms. The van der Waals surface area contributed by atoms with Gasteiger partial charge in [-0.05, 0) is 49.1 Å². The zero-order chi connectivity index (χ0) is 14.9. The minimum Gasteiger partial charge on any atom is -0.497 e. The molecule has 0 fully saturated rings. The Morgan fingerprint density at radius 3 is 2.57 bits per heavy atom. The molecule has 2 rings (SSSR count). The van der Waals surface area contributed by atoms with E-state index < -0.39 is 0 Å². The fourth-order valence-electron chi connectivity index (χ4n) is 2.53. The van der Waals surface area contributed by atoms with Gasteiger partial charge in [0.1, 0.15) is 5.75 Å². The van der Waals surface area contributed by atoms with E-state index >= 15 is 0 Å². The number of ether oxygens (including phenoxy) is 1. The number of hydrogen-bond donors (Lipinski definition) is 1. The third-order valence-corrected chi connectivity index (χ3v) is 3.70. The molecule has 0 bridgehead atoms. The van der Waals surface area contributed by atoms with Crippen molar-refractivity contribution in [3.05, 3.63) is 65.7 Å². The Morgan fingerprint density at radius 2 is 1.86 bits per heavy atom. The lowest BCUT2D eigenvalue weighted by Crippen LogP contribution is -2.22. The number of benzene rings is 2. The summed E-state index contributed by atoms with van der Waals surface area (Å²) in [4.78, 5) is 0. The summed E-state index contributed by atoms with van der Waals surface area (Å²) in [7, 11) is 1.72. The van der Waals surface area contributed by atoms with Gasteiger partial charge < -0.3 is 10.1 Å². The zero-order valence-corrected chi connectivity index (χ0v) is 13.0. The van der Waals surface area contributed by atoms with Crippen molar-refractivity contribution in [1.29, 1.82) is 0 Å². The quantitative estimate of drug-likeness (QED) is 0.777. The molecule has 2 aromatic carbocycles. The highest BCUT2D eigenvalue weighted by Gasteiger charge is 2.10. The lowest BCUT2D eigenvalue weighted by Gasteiger charge is -2.19. The molecule has 1 atom stereocenters. The van der Waals surface area contributed by atoms with Crippen LogP contribution in [-0.4, -0.2) is 13.7 Å². The fourth-order valence-corrected chi connectivity index (χ4v) is 2.53. The largest absolute Gasteiger partial charge is 0.497 e. The van der Waals surface area contributed by atoms with Crippen LogP contribution in [0.4, 0.5) is 0 Å². The molecule has 0 amide bonds. The number of hydrogen-bond acceptors (Lipinski definition) is 2. The second-order valence-electron chi connectivity index (χ2n) is 5.31. The van der Waals surface area contributed by atoms with E-state index in [-0.39, 0.29) is 0 Å². The van der Waals surface area contributed by atoms with Gasteiger partial charge in [0.05, 0.1) is 7.11 Å². The van der Waals surface area contributed by atoms with Gasteiger partial charge in [0.25, 0.3) is 0 Å². The second kappa shape index (κ2) is 8.48. The molecule has 1 unspecified atom stereocenters. The van der Waals surface area contributed by atoms with Gasteiger partial charge in [-0.2, -0.15) is 0 Å². The molecule has 0 aliphatic carbocycles. The van der Waals surface area contributed by atoms with E-state index in [0.29, 0.717) is 6.04 Å². The highest BCUT2D eigenvalue weighted by Crippen LogP contribution is 2.21. The monoisotopic (exact) mass is 283 g/mol. The molecule has 2 aromatic rings. The summed E-state index contributed by atoms with van der Waals surface area (Å²) in [6.45, 7) is 3.26. The Bertz CT molecular complexity index is 524. The Labute approximate surface area is 128 Å². The van der Waals surface area contributed by atoms with E-state index in [4.69, 9.17) is 4.74 Å². The van der Waals surface area contributed by atoms with E-state index in [1.807, 2.05) is 6.07 Å². The van der Waals surface area contributed by atoms with Gasteiger partial charge in [-0.25, -0.2) is 0 Å². The number of nitrogens with one attached hydrogen (secondary N) is 1. The van der Waals surface area contributed by atoms with Crippen molar-refractivity contribution in [2.45, 2.75) is 32.2 Å². The van der Waals surface area contributed by atoms with Crippen LogP contribution in [0.2, 0.25) is 0 Å². The van der Waals surface area contributed by atoms with Gasteiger partial charge in [0, 0.05) is 6.04 Å². The number of aryl methyl sites for hydroxylation is 1. The van der Waals surface area contributed by atoms with Crippen LogP contribution in [-0.2, 0) is 6.42 Å². The summed E-state index contributed by atoms with van der Waals surface area (Å²) in [5.41, 5.74) is 2.70. The van der Waals surface area contributed by atoms with E-state index in [1.165, 1.54) is 11.1 Å². The first-order chi connectivity index (χ1) is 10.3. The van der Waals surface area contributed by atoms with Gasteiger partial charge >= 0.3 is 0 Å². The normalized spacial score (nSPS) is 12.1. The molecule has 0 saturated carbocycles. The van der Waals surface area contributed by atoms with Crippen molar-refractivity contribution < 1.29 is 4.74 Å². The lowest BCUT2D eigenvalue weighted by molar-refractivity contribution is 0.414. The van der Waals surface area contributed by atoms with Gasteiger partial charge in [-0.3, -0.25) is 0 Å². The molecule has 21 heavy (non-hydrogen) atoms. The maximum Gasteiger partial charge on any atom is 0.119 e. The molecule has 0 heterocycles. The van der Waals surface area contributed by atoms with Crippen LogP contribution in [0, 0.1) is 0 Å². The minimum atomic E-state index is 0.414. The van der Waals surface area contributed by atoms with Gasteiger partial charge in [-0.15, -0.1) is 0 Å². The summed E-state index contributed by atoms with van der Waals surface area (Å²) in [6.07, 6.45) is 3.30. The summed E-state index contributed by atoms with van der Waals surface area (Å²) in [5, 5.41) is 3.65. The molecule has 0 saturated heterocycles. The third-order valence-electron chi connectivity index (χ3n) is 3.70. The Balaban J connectivity index is 2.01. The standard InChI is InChI=1S/C19H25NO/c1-3-14-20-19(17-9-5-4-6-10-17)13-12-16-8-7-11-18(15-16)21-2/h4-11,15,19-20H,3,12-14H2,1-2H3. The van der Waals surface area contributed by atoms with Crippen LogP contribution in [0.1, 0.15) is 36.9 Å². The summed E-state index contributed by atoms with van der Waals surface area (Å²) in [6, 6.07) is 19.5. The molecule has 1 N–H and O–H groups in total. The molecule has 0 aliphatic rings. The fraction of sp³-hybridized carbons (Fsp3) is 0.368. The van der Waals surface area contributed by atoms with Crippen molar-refractivity contribution in [3.8, 4) is 5.75 Å². The number of rotatable bonds is 8. The molecular formula is C19H25NO. The summed E-state index contributed by atoms with van der Waals surface area (Å²) >= 11 is 0. The molecule has 0 aromatic heterocycles. The van der Waals surface area contributed by atoms with Crippen molar-refractivity contribution in [2.75, 3.05) is 13.7 Å². The zero-order valence-electron chi connectivity index (χ0n) is 13.0.